The van der Waals surface area contributed by atoms with Crippen LogP contribution in [-0.4, -0.2) is 17.4 Å². The van der Waals surface area contributed by atoms with Crippen LogP contribution in [0.15, 0.2) is 12.2 Å². The summed E-state index contributed by atoms with van der Waals surface area (Å²) in [5.41, 5.74) is 0.837. The van der Waals surface area contributed by atoms with E-state index in [9.17, 15) is 9.59 Å². The molecule has 0 heterocycles. The summed E-state index contributed by atoms with van der Waals surface area (Å²) in [6.45, 7) is 12.5. The average molecular weight is 347 g/mol. The van der Waals surface area contributed by atoms with Gasteiger partial charge in [-0.2, -0.15) is 0 Å². The minimum atomic E-state index is -0.406. The Morgan fingerprint density at radius 3 is 2.68 bits per heavy atom. The minimum absolute atomic E-state index is 0.131. The van der Waals surface area contributed by atoms with E-state index in [0.717, 1.165) is 57.8 Å². The van der Waals surface area contributed by atoms with Crippen molar-refractivity contribution in [2.45, 2.75) is 91.1 Å². The molecule has 3 nitrogen and oxygen atoms in total. The van der Waals surface area contributed by atoms with E-state index in [4.69, 9.17) is 4.74 Å². The van der Waals surface area contributed by atoms with Crippen LogP contribution in [0, 0.1) is 22.7 Å². The first-order valence-electron chi connectivity index (χ1n) is 9.99. The number of Topliss-reactive ketones (excluding diaryl/α,β-unsaturated/α-hetero) is 1. The molecule has 3 rings (SSSR count). The molecule has 25 heavy (non-hydrogen) atoms. The molecule has 0 saturated heterocycles. The lowest BCUT2D eigenvalue weighted by molar-refractivity contribution is -0.176. The van der Waals surface area contributed by atoms with E-state index in [-0.39, 0.29) is 16.8 Å². The first kappa shape index (κ1) is 18.7. The molecule has 0 spiro atoms. The van der Waals surface area contributed by atoms with Crippen molar-refractivity contribution < 1.29 is 14.3 Å². The quantitative estimate of drug-likeness (QED) is 0.517. The highest BCUT2D eigenvalue weighted by Crippen LogP contribution is 2.57. The van der Waals surface area contributed by atoms with Gasteiger partial charge in [0.05, 0.1) is 0 Å². The smallest absolute Gasteiger partial charge is 0.303 e. The summed E-state index contributed by atoms with van der Waals surface area (Å²) in [4.78, 5) is 24.5. The van der Waals surface area contributed by atoms with Gasteiger partial charge in [-0.3, -0.25) is 9.59 Å². The highest BCUT2D eigenvalue weighted by molar-refractivity contribution is 5.87. The summed E-state index contributed by atoms with van der Waals surface area (Å²) < 4.78 is 5.85. The summed E-state index contributed by atoms with van der Waals surface area (Å²) >= 11 is 0. The fourth-order valence-electron chi connectivity index (χ4n) is 6.32. The standard InChI is InChI=1S/C22H34O3/c1-15-13-22(14-17(15)7-8-19(22)24)12-9-18-20(3,4)10-6-11-21(18,5)25-16(2)23/h17-18H,1,6-14H2,2-5H3/t17-,18-,21-,22-/m1/s1. The molecule has 0 aromatic heterocycles. The zero-order valence-corrected chi connectivity index (χ0v) is 16.5. The summed E-state index contributed by atoms with van der Waals surface area (Å²) in [6.07, 6.45) is 8.67. The van der Waals surface area contributed by atoms with Gasteiger partial charge in [0.25, 0.3) is 0 Å². The number of fused-ring (bicyclic) bond motifs is 2. The molecular weight excluding hydrogens is 312 g/mol. The van der Waals surface area contributed by atoms with Crippen LogP contribution in [0.2, 0.25) is 0 Å². The highest BCUT2D eigenvalue weighted by atomic mass is 16.6. The number of allylic oxidation sites excluding steroid dienone is 1. The second-order valence-corrected chi connectivity index (χ2v) is 9.82. The number of ketones is 1. The number of esters is 1. The van der Waals surface area contributed by atoms with Gasteiger partial charge in [-0.05, 0) is 69.6 Å². The van der Waals surface area contributed by atoms with Crippen LogP contribution in [0.25, 0.3) is 0 Å². The van der Waals surface area contributed by atoms with E-state index >= 15 is 0 Å². The fourth-order valence-corrected chi connectivity index (χ4v) is 6.32. The molecule has 0 aromatic rings. The third-order valence-corrected chi connectivity index (χ3v) is 7.55. The van der Waals surface area contributed by atoms with E-state index in [1.807, 2.05) is 0 Å². The molecule has 3 aliphatic rings. The Balaban J connectivity index is 1.80. The van der Waals surface area contributed by atoms with Crippen LogP contribution in [0.4, 0.5) is 0 Å². The number of carbonyl (C=O) groups excluding carboxylic acids is 2. The Kier molecular flexibility index (Phi) is 4.66. The van der Waals surface area contributed by atoms with Gasteiger partial charge >= 0.3 is 5.97 Å². The van der Waals surface area contributed by atoms with Crippen molar-refractivity contribution in [1.29, 1.82) is 0 Å². The number of carbonyl (C=O) groups is 2. The summed E-state index contributed by atoms with van der Waals surface area (Å²) in [5, 5.41) is 0. The second-order valence-electron chi connectivity index (χ2n) is 9.82. The molecule has 4 atom stereocenters. The molecule has 0 amide bonds. The molecule has 2 bridgehead atoms. The number of hydrogen-bond donors (Lipinski definition) is 0. The Morgan fingerprint density at radius 2 is 2.00 bits per heavy atom. The van der Waals surface area contributed by atoms with Crippen LogP contribution in [-0.2, 0) is 14.3 Å². The summed E-state index contributed by atoms with van der Waals surface area (Å²) in [7, 11) is 0. The molecule has 3 saturated carbocycles. The predicted molar refractivity (Wildman–Crippen MR) is 99.1 cm³/mol. The van der Waals surface area contributed by atoms with Gasteiger partial charge < -0.3 is 4.74 Å². The Morgan fingerprint density at radius 1 is 1.28 bits per heavy atom. The van der Waals surface area contributed by atoms with Crippen molar-refractivity contribution in [2.75, 3.05) is 0 Å². The molecule has 140 valence electrons. The van der Waals surface area contributed by atoms with Gasteiger partial charge in [0.15, 0.2) is 0 Å². The van der Waals surface area contributed by atoms with Crippen LogP contribution in [0.5, 0.6) is 0 Å². The zero-order valence-electron chi connectivity index (χ0n) is 16.5. The van der Waals surface area contributed by atoms with Gasteiger partial charge in [0, 0.05) is 24.7 Å². The van der Waals surface area contributed by atoms with Crippen molar-refractivity contribution in [3.8, 4) is 0 Å². The van der Waals surface area contributed by atoms with Crippen molar-refractivity contribution in [1.82, 2.24) is 0 Å². The second kappa shape index (κ2) is 6.25. The molecule has 0 aliphatic heterocycles. The Labute approximate surface area is 152 Å². The molecule has 0 radical (unpaired) electrons. The SMILES string of the molecule is C=C1C[C@]2(CC[C@@H]3C(C)(C)CCC[C@@]3(C)OC(C)=O)C[C@H]1CCC2=O. The zero-order chi connectivity index (χ0) is 18.5. The molecule has 3 aliphatic carbocycles. The lowest BCUT2D eigenvalue weighted by atomic mass is 9.58. The normalized spacial score (nSPS) is 40.2. The first-order valence-corrected chi connectivity index (χ1v) is 9.99. The molecule has 3 heteroatoms. The van der Waals surface area contributed by atoms with Gasteiger partial charge in [-0.15, -0.1) is 0 Å². The fraction of sp³-hybridized carbons (Fsp3) is 0.818. The van der Waals surface area contributed by atoms with Crippen molar-refractivity contribution in [3.63, 3.8) is 0 Å². The lowest BCUT2D eigenvalue weighted by Gasteiger charge is -2.51. The lowest BCUT2D eigenvalue weighted by Crippen LogP contribution is -2.50. The van der Waals surface area contributed by atoms with Crippen LogP contribution in [0.1, 0.15) is 85.5 Å². The third-order valence-electron chi connectivity index (χ3n) is 7.55. The number of rotatable bonds is 4. The van der Waals surface area contributed by atoms with Gasteiger partial charge in [-0.1, -0.05) is 26.0 Å². The maximum atomic E-state index is 12.8. The number of hydrogen-bond acceptors (Lipinski definition) is 3. The third kappa shape index (κ3) is 3.31. The van der Waals surface area contributed by atoms with E-state index in [1.54, 1.807) is 0 Å². The van der Waals surface area contributed by atoms with Gasteiger partial charge in [0.2, 0.25) is 0 Å². The maximum Gasteiger partial charge on any atom is 0.303 e. The van der Waals surface area contributed by atoms with Crippen molar-refractivity contribution in [3.05, 3.63) is 12.2 Å². The molecule has 0 aromatic carbocycles. The highest BCUT2D eigenvalue weighted by Gasteiger charge is 2.53. The van der Waals surface area contributed by atoms with Gasteiger partial charge in [-0.25, -0.2) is 0 Å². The molecular formula is C22H34O3. The number of ether oxygens (including phenoxy) is 1. The minimum Gasteiger partial charge on any atom is -0.459 e. The summed E-state index contributed by atoms with van der Waals surface area (Å²) in [6, 6.07) is 0. The Bertz CT molecular complexity index is 590. The van der Waals surface area contributed by atoms with Gasteiger partial charge in [0.1, 0.15) is 11.4 Å². The predicted octanol–water partition coefficient (Wildman–Crippen LogP) is 5.23. The van der Waals surface area contributed by atoms with Crippen molar-refractivity contribution >= 4 is 11.8 Å². The largest absolute Gasteiger partial charge is 0.459 e. The van der Waals surface area contributed by atoms with E-state index in [0.29, 0.717) is 17.6 Å². The summed E-state index contributed by atoms with van der Waals surface area (Å²) in [5.74, 6) is 1.11. The molecule has 3 fully saturated rings. The van der Waals surface area contributed by atoms with Crippen molar-refractivity contribution in [2.24, 2.45) is 22.7 Å². The van der Waals surface area contributed by atoms with Crippen LogP contribution >= 0.6 is 0 Å². The molecule has 0 N–H and O–H groups in total. The van der Waals surface area contributed by atoms with Crippen LogP contribution < -0.4 is 0 Å². The van der Waals surface area contributed by atoms with Crippen LogP contribution in [0.3, 0.4) is 0 Å². The maximum absolute atomic E-state index is 12.8. The monoisotopic (exact) mass is 346 g/mol. The van der Waals surface area contributed by atoms with E-state index < -0.39 is 5.60 Å². The Hall–Kier alpha value is -1.12. The average Bonchev–Trinajstić information content (AvgIpc) is 2.74. The van der Waals surface area contributed by atoms with E-state index in [2.05, 4.69) is 27.4 Å². The first-order chi connectivity index (χ1) is 11.6. The molecule has 0 unspecified atom stereocenters. The topological polar surface area (TPSA) is 43.4 Å². The van der Waals surface area contributed by atoms with E-state index in [1.165, 1.54) is 12.5 Å².